The van der Waals surface area contributed by atoms with E-state index >= 15 is 17.6 Å². The van der Waals surface area contributed by atoms with Crippen molar-refractivity contribution < 1.29 is 89.6 Å². The maximum absolute atomic E-state index is 15.9. The highest BCUT2D eigenvalue weighted by Gasteiger charge is 2.86. The quantitative estimate of drug-likeness (QED) is 0.0229. The number of benzene rings is 6. The molecule has 0 aliphatic heterocycles. The number of carbonyl (C=O) groups is 2. The van der Waals surface area contributed by atoms with Gasteiger partial charge in [0.2, 0.25) is 0 Å². The zero-order valence-electron chi connectivity index (χ0n) is 38.5. The van der Waals surface area contributed by atoms with Crippen LogP contribution < -0.4 is 14.2 Å². The van der Waals surface area contributed by atoms with Gasteiger partial charge in [0.05, 0.1) is 11.5 Å². The Balaban J connectivity index is 1.48. The highest BCUT2D eigenvalue weighted by atomic mass is 32.3. The number of hydrogen-bond donors (Lipinski definition) is 0. The van der Waals surface area contributed by atoms with Gasteiger partial charge >= 0.3 is 45.7 Å². The third kappa shape index (κ3) is 11.6. The molecule has 0 amide bonds. The second-order valence-electron chi connectivity index (χ2n) is 17.5. The minimum absolute atomic E-state index is 0.0136. The number of ether oxygens (including phenoxy) is 6. The van der Waals surface area contributed by atoms with Crippen molar-refractivity contribution in [1.29, 1.82) is 0 Å². The van der Waals surface area contributed by atoms with Crippen LogP contribution in [0.15, 0.2) is 142 Å². The average Bonchev–Trinajstić information content (AvgIpc) is 3.27. The van der Waals surface area contributed by atoms with E-state index in [9.17, 15) is 40.0 Å². The van der Waals surface area contributed by atoms with Crippen LogP contribution in [0.3, 0.4) is 0 Å². The summed E-state index contributed by atoms with van der Waals surface area (Å²) in [6, 6.07) is 29.5. The molecule has 0 saturated carbocycles. The molecule has 6 aromatic carbocycles. The van der Waals surface area contributed by atoms with Gasteiger partial charge in [-0.05, 0) is 146 Å². The van der Waals surface area contributed by atoms with Gasteiger partial charge in [0.15, 0.2) is 6.79 Å². The Kier molecular flexibility index (Phi) is 15.3. The number of fused-ring (bicyclic) bond motifs is 3. The molecule has 0 spiro atoms. The fourth-order valence-electron chi connectivity index (χ4n) is 6.82. The zero-order chi connectivity index (χ0) is 52.4. The number of rotatable bonds is 16. The van der Waals surface area contributed by atoms with Gasteiger partial charge in [-0.15, -0.1) is 0 Å². The van der Waals surface area contributed by atoms with Gasteiger partial charge in [0.1, 0.15) is 28.5 Å². The average molecular weight is 1050 g/mol. The van der Waals surface area contributed by atoms with Gasteiger partial charge in [-0.1, -0.05) is 66.7 Å². The highest BCUT2D eigenvalue weighted by molar-refractivity contribution is 8.33. The number of para-hydroxylation sites is 1. The minimum Gasteiger partial charge on any atom is -0.466 e. The fourth-order valence-corrected chi connectivity index (χ4v) is 12.1. The van der Waals surface area contributed by atoms with E-state index in [0.717, 1.165) is 87.8 Å². The third-order valence-electron chi connectivity index (χ3n) is 9.94. The molecule has 6 aromatic rings. The van der Waals surface area contributed by atoms with Crippen molar-refractivity contribution in [2.24, 2.45) is 0 Å². The number of carbonyl (C=O) groups excluding carboxylic acids is 2. The Morgan fingerprint density at radius 3 is 1.52 bits per heavy atom. The molecule has 0 unspecified atom stereocenters. The first-order valence-corrected chi connectivity index (χ1v) is 24.1. The van der Waals surface area contributed by atoms with E-state index in [4.69, 9.17) is 32.1 Å². The summed E-state index contributed by atoms with van der Waals surface area (Å²) in [5, 5.41) is -3.48. The molecule has 0 aliphatic carbocycles. The molecular weight excluding hydrogens is 1000 g/mol. The second kappa shape index (κ2) is 20.1. The summed E-state index contributed by atoms with van der Waals surface area (Å²) in [6.45, 7) is 8.39. The second-order valence-corrected chi connectivity index (χ2v) is 21.9. The molecule has 382 valence electrons. The monoisotopic (exact) mass is 1040 g/mol. The van der Waals surface area contributed by atoms with E-state index in [1.165, 1.54) is 53.7 Å². The van der Waals surface area contributed by atoms with Crippen molar-refractivity contribution in [1.82, 2.24) is 0 Å². The SMILES string of the molecule is CC(C)(C)OC(=O)Oc1ccc(S(OS(=O)(=O)C(F)(F)C(F)(F)C(F)(F)C(F)(F)F)(c2ccc(OC(=O)OC(C)(C)C)cc2)c2ccccc2OCOCCc2cc3ccccc3c3ccccc23)cc1. The standard InChI is InChI=1S/C49H45F9O11S2/c1-44(2,3)67-42(59)65-33-19-23-35(24-20-33)70(36-25-21-34(22-26-36)66-43(60)68-45(4,5)6,69-71(61,62)49(57,58)47(52,53)46(50,51)48(54,55)56)41-18-12-11-17-40(41)64-30-63-28-27-32-29-31-13-7-8-14-37(31)39-16-10-9-15-38(32)39/h7-26,29H,27-28,30H2,1-6H3. The molecule has 0 atom stereocenters. The van der Waals surface area contributed by atoms with Crippen molar-refractivity contribution in [3.8, 4) is 17.2 Å². The van der Waals surface area contributed by atoms with Gasteiger partial charge < -0.3 is 28.4 Å². The summed E-state index contributed by atoms with van der Waals surface area (Å²) in [5.41, 5.74) is -1.24. The van der Waals surface area contributed by atoms with Crippen molar-refractivity contribution in [3.63, 3.8) is 0 Å². The van der Waals surface area contributed by atoms with Gasteiger partial charge in [-0.2, -0.15) is 47.9 Å². The summed E-state index contributed by atoms with van der Waals surface area (Å²) in [4.78, 5) is 23.4. The van der Waals surface area contributed by atoms with E-state index in [2.05, 4.69) is 0 Å². The predicted octanol–water partition coefficient (Wildman–Crippen LogP) is 14.2. The lowest BCUT2D eigenvalue weighted by Gasteiger charge is -2.42. The molecule has 0 aromatic heterocycles. The molecule has 0 aliphatic rings. The summed E-state index contributed by atoms with van der Waals surface area (Å²) in [5.74, 6) is -16.5. The normalized spacial score (nSPS) is 13.5. The highest BCUT2D eigenvalue weighted by Crippen LogP contribution is 2.73. The van der Waals surface area contributed by atoms with Gasteiger partial charge in [-0.25, -0.2) is 13.2 Å². The molecule has 0 N–H and O–H groups in total. The molecule has 0 heterocycles. The van der Waals surface area contributed by atoms with Crippen LogP contribution in [0.2, 0.25) is 0 Å². The van der Waals surface area contributed by atoms with Crippen LogP contribution in [-0.2, 0) is 34.4 Å². The topological polar surface area (TPSA) is 133 Å². The molecule has 6 rings (SSSR count). The van der Waals surface area contributed by atoms with Crippen LogP contribution in [0.4, 0.5) is 49.1 Å². The van der Waals surface area contributed by atoms with E-state index < -0.39 is 94.4 Å². The molecule has 0 fully saturated rings. The van der Waals surface area contributed by atoms with Crippen molar-refractivity contribution in [3.05, 3.63) is 133 Å². The van der Waals surface area contributed by atoms with Gasteiger partial charge in [0.25, 0.3) is 0 Å². The zero-order valence-corrected chi connectivity index (χ0v) is 40.1. The molecule has 22 heteroatoms. The first-order chi connectivity index (χ1) is 32.9. The predicted molar refractivity (Wildman–Crippen MR) is 243 cm³/mol. The van der Waals surface area contributed by atoms with Crippen molar-refractivity contribution in [2.45, 2.75) is 97.1 Å². The minimum atomic E-state index is -7.70. The van der Waals surface area contributed by atoms with Crippen molar-refractivity contribution >= 4 is 54.3 Å². The number of halogens is 9. The van der Waals surface area contributed by atoms with Crippen LogP contribution in [-0.4, -0.2) is 68.6 Å². The lowest BCUT2D eigenvalue weighted by atomic mass is 9.96. The molecule has 0 radical (unpaired) electrons. The van der Waals surface area contributed by atoms with Crippen LogP contribution in [0, 0.1) is 0 Å². The Labute approximate surface area is 403 Å². The Hall–Kier alpha value is -6.23. The molecule has 11 nitrogen and oxygen atoms in total. The summed E-state index contributed by atoms with van der Waals surface area (Å²) >= 11 is 0. The first kappa shape index (κ1) is 54.1. The van der Waals surface area contributed by atoms with E-state index in [-0.39, 0.29) is 18.1 Å². The molecule has 0 saturated heterocycles. The summed E-state index contributed by atoms with van der Waals surface area (Å²) in [7, 11) is -12.5. The fraction of sp³-hybridized carbons (Fsp3) is 0.306. The third-order valence-corrected chi connectivity index (χ3v) is 15.2. The van der Waals surface area contributed by atoms with Gasteiger partial charge in [0, 0.05) is 9.79 Å². The lowest BCUT2D eigenvalue weighted by molar-refractivity contribution is -0.382. The van der Waals surface area contributed by atoms with Crippen LogP contribution in [0.1, 0.15) is 47.1 Å². The molecule has 71 heavy (non-hydrogen) atoms. The Morgan fingerprint density at radius 1 is 0.549 bits per heavy atom. The van der Waals surface area contributed by atoms with Crippen LogP contribution in [0.5, 0.6) is 17.2 Å². The van der Waals surface area contributed by atoms with Crippen LogP contribution >= 0.6 is 10.3 Å². The smallest absolute Gasteiger partial charge is 0.466 e. The van der Waals surface area contributed by atoms with E-state index in [0.29, 0.717) is 6.42 Å². The Morgan fingerprint density at radius 2 is 1.01 bits per heavy atom. The Bertz CT molecular complexity index is 2920. The van der Waals surface area contributed by atoms with Crippen molar-refractivity contribution in [2.75, 3.05) is 13.4 Å². The van der Waals surface area contributed by atoms with Gasteiger partial charge in [-0.3, -0.25) is 0 Å². The first-order valence-electron chi connectivity index (χ1n) is 21.1. The lowest BCUT2D eigenvalue weighted by Crippen LogP contribution is -2.63. The largest absolute Gasteiger partial charge is 0.514 e. The summed E-state index contributed by atoms with van der Waals surface area (Å²) in [6.07, 6.45) is -9.57. The van der Waals surface area contributed by atoms with E-state index in [1.807, 2.05) is 54.6 Å². The maximum atomic E-state index is 15.9. The summed E-state index contributed by atoms with van der Waals surface area (Å²) < 4.78 is 196. The molecule has 0 bridgehead atoms. The maximum Gasteiger partial charge on any atom is 0.514 e. The number of alkyl halides is 9. The molecular formula is C49H45F9O11S2. The van der Waals surface area contributed by atoms with E-state index in [1.54, 1.807) is 0 Å². The number of hydrogen-bond acceptors (Lipinski definition) is 11. The van der Waals surface area contributed by atoms with Crippen LogP contribution in [0.25, 0.3) is 21.5 Å².